The first-order valence-electron chi connectivity index (χ1n) is 4.50. The summed E-state index contributed by atoms with van der Waals surface area (Å²) >= 11 is 7.12. The molecule has 0 atom stereocenters. The SMILES string of the molecule is Cc1nc(Sc2ccc(Cl)cc2C=O)n[nH]1. The number of nitrogens with one attached hydrogen (secondary N) is 1. The molecule has 0 radical (unpaired) electrons. The summed E-state index contributed by atoms with van der Waals surface area (Å²) in [5.41, 5.74) is 0.542. The highest BCUT2D eigenvalue weighted by atomic mass is 35.5. The summed E-state index contributed by atoms with van der Waals surface area (Å²) < 4.78 is 0. The van der Waals surface area contributed by atoms with Crippen LogP contribution in [0, 0.1) is 6.92 Å². The van der Waals surface area contributed by atoms with Crippen LogP contribution in [0.4, 0.5) is 0 Å². The van der Waals surface area contributed by atoms with Crippen molar-refractivity contribution in [1.82, 2.24) is 15.2 Å². The number of aromatic amines is 1. The fraction of sp³-hybridized carbons (Fsp3) is 0.100. The third-order valence-electron chi connectivity index (χ3n) is 1.88. The van der Waals surface area contributed by atoms with Crippen molar-refractivity contribution in [2.24, 2.45) is 0 Å². The van der Waals surface area contributed by atoms with Gasteiger partial charge in [0.2, 0.25) is 5.16 Å². The average Bonchev–Trinajstić information content (AvgIpc) is 2.67. The molecule has 0 amide bonds. The van der Waals surface area contributed by atoms with Crippen LogP contribution in [-0.4, -0.2) is 21.5 Å². The van der Waals surface area contributed by atoms with Gasteiger partial charge in [-0.2, -0.15) is 0 Å². The Kier molecular flexibility index (Phi) is 3.26. The number of carbonyl (C=O) groups is 1. The highest BCUT2D eigenvalue weighted by Crippen LogP contribution is 2.28. The van der Waals surface area contributed by atoms with Crippen molar-refractivity contribution in [1.29, 1.82) is 0 Å². The molecule has 1 aromatic carbocycles. The molecule has 1 heterocycles. The fourth-order valence-corrected chi connectivity index (χ4v) is 2.18. The van der Waals surface area contributed by atoms with Gasteiger partial charge in [-0.25, -0.2) is 4.98 Å². The predicted molar refractivity (Wildman–Crippen MR) is 62.1 cm³/mol. The van der Waals surface area contributed by atoms with Gasteiger partial charge in [0, 0.05) is 15.5 Å². The van der Waals surface area contributed by atoms with Crippen LogP contribution in [0.1, 0.15) is 16.2 Å². The number of aryl methyl sites for hydroxylation is 1. The zero-order chi connectivity index (χ0) is 11.5. The van der Waals surface area contributed by atoms with Crippen molar-refractivity contribution in [2.45, 2.75) is 17.0 Å². The molecule has 0 spiro atoms. The zero-order valence-corrected chi connectivity index (χ0v) is 9.97. The van der Waals surface area contributed by atoms with E-state index in [1.807, 2.05) is 6.92 Å². The molecule has 16 heavy (non-hydrogen) atoms. The van der Waals surface area contributed by atoms with Gasteiger partial charge in [0.25, 0.3) is 0 Å². The number of benzene rings is 1. The molecule has 0 saturated carbocycles. The Bertz CT molecular complexity index is 527. The van der Waals surface area contributed by atoms with Gasteiger partial charge in [-0.3, -0.25) is 9.89 Å². The third-order valence-corrected chi connectivity index (χ3v) is 3.07. The number of carbonyl (C=O) groups excluding carboxylic acids is 1. The summed E-state index contributed by atoms with van der Waals surface area (Å²) in [5, 5.41) is 7.85. The minimum Gasteiger partial charge on any atom is -0.298 e. The molecule has 82 valence electrons. The smallest absolute Gasteiger partial charge is 0.213 e. The standard InChI is InChI=1S/C10H8ClN3OS/c1-6-12-10(14-13-6)16-9-3-2-8(11)4-7(9)5-15/h2-5H,1H3,(H,12,13,14). The first-order valence-corrected chi connectivity index (χ1v) is 5.70. The molecule has 6 heteroatoms. The number of H-pyrrole nitrogens is 1. The van der Waals surface area contributed by atoms with E-state index in [0.717, 1.165) is 17.0 Å². The minimum atomic E-state index is 0.539. The number of aromatic nitrogens is 3. The maximum Gasteiger partial charge on any atom is 0.213 e. The number of hydrogen-bond donors (Lipinski definition) is 1. The number of aldehydes is 1. The van der Waals surface area contributed by atoms with Crippen molar-refractivity contribution >= 4 is 29.6 Å². The molecule has 0 aliphatic heterocycles. The van der Waals surface area contributed by atoms with Gasteiger partial charge in [0.05, 0.1) is 0 Å². The number of halogens is 1. The van der Waals surface area contributed by atoms with E-state index >= 15 is 0 Å². The van der Waals surface area contributed by atoms with Gasteiger partial charge in [-0.05, 0) is 36.9 Å². The normalized spacial score (nSPS) is 10.4. The molecule has 0 bridgehead atoms. The maximum absolute atomic E-state index is 10.9. The Morgan fingerprint density at radius 2 is 2.31 bits per heavy atom. The third kappa shape index (κ3) is 2.43. The molecule has 1 N–H and O–H groups in total. The van der Waals surface area contributed by atoms with Crippen LogP contribution in [0.2, 0.25) is 5.02 Å². The van der Waals surface area contributed by atoms with E-state index in [4.69, 9.17) is 11.6 Å². The van der Waals surface area contributed by atoms with Crippen LogP contribution >= 0.6 is 23.4 Å². The van der Waals surface area contributed by atoms with Gasteiger partial charge < -0.3 is 0 Å². The van der Waals surface area contributed by atoms with E-state index < -0.39 is 0 Å². The second kappa shape index (κ2) is 4.67. The lowest BCUT2D eigenvalue weighted by Crippen LogP contribution is -1.86. The van der Waals surface area contributed by atoms with Crippen LogP contribution in [-0.2, 0) is 0 Å². The van der Waals surface area contributed by atoms with Crippen molar-refractivity contribution in [2.75, 3.05) is 0 Å². The summed E-state index contributed by atoms with van der Waals surface area (Å²) in [5.74, 6) is 0.740. The first-order chi connectivity index (χ1) is 7.69. The zero-order valence-electron chi connectivity index (χ0n) is 8.40. The molecule has 2 aromatic rings. The number of nitrogens with zero attached hydrogens (tertiary/aromatic N) is 2. The second-order valence-corrected chi connectivity index (χ2v) is 4.55. The first kappa shape index (κ1) is 11.2. The Labute approximate surface area is 101 Å². The van der Waals surface area contributed by atoms with Crippen LogP contribution in [0.15, 0.2) is 28.3 Å². The molecule has 0 saturated heterocycles. The molecule has 0 aliphatic rings. The Balaban J connectivity index is 2.30. The largest absolute Gasteiger partial charge is 0.298 e. The molecular formula is C10H8ClN3OS. The quantitative estimate of drug-likeness (QED) is 0.855. The van der Waals surface area contributed by atoms with E-state index in [0.29, 0.717) is 15.7 Å². The van der Waals surface area contributed by atoms with E-state index in [2.05, 4.69) is 15.2 Å². The van der Waals surface area contributed by atoms with Crippen molar-refractivity contribution < 1.29 is 4.79 Å². The van der Waals surface area contributed by atoms with E-state index in [9.17, 15) is 4.79 Å². The van der Waals surface area contributed by atoms with Crippen LogP contribution in [0.3, 0.4) is 0 Å². The van der Waals surface area contributed by atoms with Crippen LogP contribution in [0.25, 0.3) is 0 Å². The summed E-state index contributed by atoms with van der Waals surface area (Å²) in [7, 11) is 0. The van der Waals surface area contributed by atoms with Crippen molar-refractivity contribution in [3.8, 4) is 0 Å². The Morgan fingerprint density at radius 1 is 1.50 bits per heavy atom. The predicted octanol–water partition coefficient (Wildman–Crippen LogP) is 2.73. The summed E-state index contributed by atoms with van der Waals surface area (Å²) in [4.78, 5) is 15.8. The molecule has 4 nitrogen and oxygen atoms in total. The van der Waals surface area contributed by atoms with Crippen molar-refractivity contribution in [3.05, 3.63) is 34.6 Å². The van der Waals surface area contributed by atoms with Gasteiger partial charge in [-0.15, -0.1) is 5.10 Å². The highest BCUT2D eigenvalue weighted by Gasteiger charge is 2.07. The number of rotatable bonds is 3. The maximum atomic E-state index is 10.9. The van der Waals surface area contributed by atoms with E-state index in [-0.39, 0.29) is 0 Å². The monoisotopic (exact) mass is 253 g/mol. The van der Waals surface area contributed by atoms with Crippen molar-refractivity contribution in [3.63, 3.8) is 0 Å². The lowest BCUT2D eigenvalue weighted by Gasteiger charge is -2.01. The Hall–Kier alpha value is -1.33. The summed E-state index contributed by atoms with van der Waals surface area (Å²) in [6, 6.07) is 5.13. The van der Waals surface area contributed by atoms with Gasteiger partial charge in [-0.1, -0.05) is 11.6 Å². The molecule has 1 aromatic heterocycles. The second-order valence-electron chi connectivity index (χ2n) is 3.11. The van der Waals surface area contributed by atoms with E-state index in [1.165, 1.54) is 11.8 Å². The molecule has 0 fully saturated rings. The summed E-state index contributed by atoms with van der Waals surface area (Å²) in [6.45, 7) is 1.82. The molecule has 0 aliphatic carbocycles. The van der Waals surface area contributed by atoms with Crippen LogP contribution in [0.5, 0.6) is 0 Å². The van der Waals surface area contributed by atoms with Gasteiger partial charge >= 0.3 is 0 Å². The van der Waals surface area contributed by atoms with Crippen LogP contribution < -0.4 is 0 Å². The topological polar surface area (TPSA) is 58.6 Å². The summed E-state index contributed by atoms with van der Waals surface area (Å²) in [6.07, 6.45) is 0.772. The average molecular weight is 254 g/mol. The fourth-order valence-electron chi connectivity index (χ4n) is 1.17. The Morgan fingerprint density at radius 3 is 2.94 bits per heavy atom. The minimum absolute atomic E-state index is 0.539. The molecule has 0 unspecified atom stereocenters. The lowest BCUT2D eigenvalue weighted by molar-refractivity contribution is 0.112. The van der Waals surface area contributed by atoms with Gasteiger partial charge in [0.15, 0.2) is 6.29 Å². The molecular weight excluding hydrogens is 246 g/mol. The molecule has 2 rings (SSSR count). The van der Waals surface area contributed by atoms with Gasteiger partial charge in [0.1, 0.15) is 5.82 Å². The lowest BCUT2D eigenvalue weighted by atomic mass is 10.2. The number of hydrogen-bond acceptors (Lipinski definition) is 4. The highest BCUT2D eigenvalue weighted by molar-refractivity contribution is 7.99. The van der Waals surface area contributed by atoms with E-state index in [1.54, 1.807) is 18.2 Å².